The van der Waals surface area contributed by atoms with Crippen LogP contribution in [0.15, 0.2) is 42.9 Å². The highest BCUT2D eigenvalue weighted by Crippen LogP contribution is 2.31. The zero-order chi connectivity index (χ0) is 25.7. The summed E-state index contributed by atoms with van der Waals surface area (Å²) in [5.41, 5.74) is 0.436. The molecule has 1 atom stereocenters. The first-order valence-electron chi connectivity index (χ1n) is 12.0. The number of rotatable bonds is 9. The Morgan fingerprint density at radius 3 is 2.58 bits per heavy atom. The fraction of sp³-hybridized carbons (Fsp3) is 0.440. The van der Waals surface area contributed by atoms with Crippen LogP contribution in [0.25, 0.3) is 11.0 Å². The number of hydrogen-bond acceptors (Lipinski definition) is 6. The summed E-state index contributed by atoms with van der Waals surface area (Å²) in [5.74, 6) is 0.456. The second kappa shape index (κ2) is 11.1. The maximum absolute atomic E-state index is 13.7. The van der Waals surface area contributed by atoms with Crippen molar-refractivity contribution in [3.63, 3.8) is 0 Å². The van der Waals surface area contributed by atoms with E-state index in [2.05, 4.69) is 35.4 Å². The van der Waals surface area contributed by atoms with Crippen molar-refractivity contribution in [3.05, 3.63) is 53.4 Å². The Balaban J connectivity index is 1.52. The minimum Gasteiger partial charge on any atom is -0.465 e. The van der Waals surface area contributed by atoms with Gasteiger partial charge in [0.25, 0.3) is 0 Å². The smallest absolute Gasteiger partial charge is 0.405 e. The zero-order valence-electron chi connectivity index (χ0n) is 20.5. The van der Waals surface area contributed by atoms with Crippen LogP contribution in [0.2, 0.25) is 5.02 Å². The predicted molar refractivity (Wildman–Crippen MR) is 139 cm³/mol. The van der Waals surface area contributed by atoms with Gasteiger partial charge in [-0.05, 0) is 70.1 Å². The third kappa shape index (κ3) is 5.88. The van der Waals surface area contributed by atoms with Crippen LogP contribution in [0, 0.1) is 0 Å². The summed E-state index contributed by atoms with van der Waals surface area (Å²) in [6.45, 7) is 1.81. The number of anilines is 1. The number of benzene rings is 1. The summed E-state index contributed by atoms with van der Waals surface area (Å²) in [7, 11) is 4.02. The molecule has 3 heterocycles. The SMILES string of the molecule is CN(C)CCCC(NC(=O)C1(NC(=O)O)CCN(c2ncnc3[nH]ccc23)CC1)c1ccc(Cl)cc1. The molecule has 3 aromatic rings. The van der Waals surface area contributed by atoms with Gasteiger partial charge in [-0.1, -0.05) is 23.7 Å². The fourth-order valence-electron chi connectivity index (χ4n) is 4.75. The molecular weight excluding hydrogens is 482 g/mol. The van der Waals surface area contributed by atoms with Crippen molar-refractivity contribution >= 4 is 40.5 Å². The number of hydrogen-bond donors (Lipinski definition) is 4. The molecule has 0 bridgehead atoms. The molecule has 4 rings (SSSR count). The van der Waals surface area contributed by atoms with Crippen LogP contribution < -0.4 is 15.5 Å². The van der Waals surface area contributed by atoms with E-state index in [0.29, 0.717) is 37.4 Å². The number of amides is 2. The number of carbonyl (C=O) groups excluding carboxylic acids is 1. The average molecular weight is 514 g/mol. The molecule has 1 aliphatic heterocycles. The van der Waals surface area contributed by atoms with E-state index in [4.69, 9.17) is 11.6 Å². The molecule has 4 N–H and O–H groups in total. The number of nitrogens with zero attached hydrogens (tertiary/aromatic N) is 4. The molecule has 0 radical (unpaired) electrons. The molecule has 0 aliphatic carbocycles. The standard InChI is InChI=1S/C25H32ClN7O3/c1-32(2)13-3-4-20(17-5-7-18(26)8-6-17)30-23(34)25(31-24(35)36)10-14-33(15-11-25)22-19-9-12-27-21(19)28-16-29-22/h5-9,12,16,20,31H,3-4,10-11,13-15H2,1-2H3,(H,30,34)(H,35,36)(H,27,28,29). The summed E-state index contributed by atoms with van der Waals surface area (Å²) in [6, 6.07) is 9.06. The number of carbonyl (C=O) groups is 2. The number of fused-ring (bicyclic) bond motifs is 1. The molecule has 1 aliphatic rings. The van der Waals surface area contributed by atoms with E-state index >= 15 is 0 Å². The predicted octanol–water partition coefficient (Wildman–Crippen LogP) is 3.42. The number of aromatic amines is 1. The quantitative estimate of drug-likeness (QED) is 0.345. The van der Waals surface area contributed by atoms with Gasteiger partial charge in [-0.15, -0.1) is 0 Å². The van der Waals surface area contributed by atoms with Gasteiger partial charge in [-0.25, -0.2) is 14.8 Å². The number of piperidine rings is 1. The highest BCUT2D eigenvalue weighted by atomic mass is 35.5. The molecule has 1 unspecified atom stereocenters. The molecule has 0 saturated carbocycles. The molecule has 11 heteroatoms. The second-order valence-corrected chi connectivity index (χ2v) is 9.90. The van der Waals surface area contributed by atoms with Crippen molar-refractivity contribution in [1.29, 1.82) is 0 Å². The first kappa shape index (κ1) is 25.7. The lowest BCUT2D eigenvalue weighted by Gasteiger charge is -2.41. The summed E-state index contributed by atoms with van der Waals surface area (Å²) in [5, 5.41) is 16.8. The fourth-order valence-corrected chi connectivity index (χ4v) is 4.88. The Bertz CT molecular complexity index is 1190. The summed E-state index contributed by atoms with van der Waals surface area (Å²) in [6.07, 6.45) is 4.30. The van der Waals surface area contributed by atoms with Crippen LogP contribution in [-0.4, -0.2) is 76.2 Å². The van der Waals surface area contributed by atoms with E-state index in [1.807, 2.05) is 38.5 Å². The van der Waals surface area contributed by atoms with Crippen LogP contribution >= 0.6 is 11.6 Å². The molecular formula is C25H32ClN7O3. The highest BCUT2D eigenvalue weighted by Gasteiger charge is 2.44. The van der Waals surface area contributed by atoms with Gasteiger partial charge in [0.1, 0.15) is 23.3 Å². The summed E-state index contributed by atoms with van der Waals surface area (Å²) < 4.78 is 0. The van der Waals surface area contributed by atoms with E-state index in [9.17, 15) is 14.7 Å². The molecule has 36 heavy (non-hydrogen) atoms. The molecule has 2 aromatic heterocycles. The summed E-state index contributed by atoms with van der Waals surface area (Å²) in [4.78, 5) is 41.4. The average Bonchev–Trinajstić information content (AvgIpc) is 3.33. The van der Waals surface area contributed by atoms with Crippen LogP contribution in [-0.2, 0) is 4.79 Å². The second-order valence-electron chi connectivity index (χ2n) is 9.46. The number of aromatic nitrogens is 3. The Morgan fingerprint density at radius 2 is 1.92 bits per heavy atom. The maximum atomic E-state index is 13.7. The third-order valence-corrected chi connectivity index (χ3v) is 6.96. The topological polar surface area (TPSA) is 126 Å². The van der Waals surface area contributed by atoms with Crippen molar-refractivity contribution in [1.82, 2.24) is 30.5 Å². The molecule has 1 aromatic carbocycles. The minimum absolute atomic E-state index is 0.262. The summed E-state index contributed by atoms with van der Waals surface area (Å²) >= 11 is 6.08. The van der Waals surface area contributed by atoms with Crippen molar-refractivity contribution < 1.29 is 14.7 Å². The monoisotopic (exact) mass is 513 g/mol. The van der Waals surface area contributed by atoms with Gasteiger partial charge in [-0.2, -0.15) is 0 Å². The molecule has 10 nitrogen and oxygen atoms in total. The number of H-pyrrole nitrogens is 1. The Hall–Kier alpha value is -3.37. The lowest BCUT2D eigenvalue weighted by atomic mass is 9.85. The van der Waals surface area contributed by atoms with E-state index < -0.39 is 11.6 Å². The zero-order valence-corrected chi connectivity index (χ0v) is 21.3. The Labute approximate surface area is 215 Å². The maximum Gasteiger partial charge on any atom is 0.405 e. The van der Waals surface area contributed by atoms with E-state index in [-0.39, 0.29) is 11.9 Å². The van der Waals surface area contributed by atoms with Crippen LogP contribution in [0.4, 0.5) is 10.6 Å². The molecule has 0 spiro atoms. The Kier molecular flexibility index (Phi) is 7.95. The van der Waals surface area contributed by atoms with Crippen LogP contribution in [0.3, 0.4) is 0 Å². The largest absolute Gasteiger partial charge is 0.465 e. The molecule has 192 valence electrons. The van der Waals surface area contributed by atoms with E-state index in [1.165, 1.54) is 6.33 Å². The molecule has 1 fully saturated rings. The van der Waals surface area contributed by atoms with E-state index in [1.54, 1.807) is 12.1 Å². The molecule has 1 saturated heterocycles. The van der Waals surface area contributed by atoms with Gasteiger partial charge in [0.05, 0.1) is 11.4 Å². The van der Waals surface area contributed by atoms with Crippen molar-refractivity contribution in [2.45, 2.75) is 37.3 Å². The van der Waals surface area contributed by atoms with Gasteiger partial charge in [0.15, 0.2) is 0 Å². The lowest BCUT2D eigenvalue weighted by molar-refractivity contribution is -0.129. The van der Waals surface area contributed by atoms with Gasteiger partial charge in [-0.3, -0.25) is 4.79 Å². The lowest BCUT2D eigenvalue weighted by Crippen LogP contribution is -2.63. The third-order valence-electron chi connectivity index (χ3n) is 6.71. The molecule has 2 amide bonds. The van der Waals surface area contributed by atoms with Gasteiger partial charge in [0, 0.05) is 24.3 Å². The van der Waals surface area contributed by atoms with Gasteiger partial charge >= 0.3 is 6.09 Å². The first-order chi connectivity index (χ1) is 17.3. The van der Waals surface area contributed by atoms with Crippen molar-refractivity contribution in [2.75, 3.05) is 38.6 Å². The van der Waals surface area contributed by atoms with Crippen LogP contribution in [0.5, 0.6) is 0 Å². The number of carboxylic acid groups (broad SMARTS) is 1. The number of nitrogens with one attached hydrogen (secondary N) is 3. The Morgan fingerprint density at radius 1 is 1.19 bits per heavy atom. The van der Waals surface area contributed by atoms with Crippen molar-refractivity contribution in [2.24, 2.45) is 0 Å². The van der Waals surface area contributed by atoms with Gasteiger partial charge in [0.2, 0.25) is 5.91 Å². The highest BCUT2D eigenvalue weighted by molar-refractivity contribution is 6.30. The minimum atomic E-state index is -1.24. The van der Waals surface area contributed by atoms with Gasteiger partial charge < -0.3 is 30.5 Å². The first-order valence-corrected chi connectivity index (χ1v) is 12.4. The van der Waals surface area contributed by atoms with Crippen LogP contribution in [0.1, 0.15) is 37.3 Å². The van der Waals surface area contributed by atoms with E-state index in [0.717, 1.165) is 35.4 Å². The van der Waals surface area contributed by atoms with Crippen molar-refractivity contribution in [3.8, 4) is 0 Å². The number of halogens is 1. The normalized spacial score (nSPS) is 16.2.